The Morgan fingerprint density at radius 3 is 2.79 bits per heavy atom. The second-order valence-corrected chi connectivity index (χ2v) is 3.56. The quantitative estimate of drug-likeness (QED) is 0.672. The molecule has 0 bridgehead atoms. The van der Waals surface area contributed by atoms with Crippen molar-refractivity contribution in [3.8, 4) is 0 Å². The van der Waals surface area contributed by atoms with Crippen molar-refractivity contribution in [1.82, 2.24) is 4.98 Å². The topological polar surface area (TPSA) is 62.0 Å². The summed E-state index contributed by atoms with van der Waals surface area (Å²) in [7, 11) is 0. The SMILES string of the molecule is CC(O)C(N)c1c[nH]c2ccccc12. The number of nitrogens with one attached hydrogen (secondary N) is 1. The summed E-state index contributed by atoms with van der Waals surface area (Å²) in [5, 5.41) is 10.5. The Hall–Kier alpha value is -1.32. The number of hydrogen-bond acceptors (Lipinski definition) is 2. The molecule has 3 nitrogen and oxygen atoms in total. The number of H-pyrrole nitrogens is 1. The third-order valence-corrected chi connectivity index (χ3v) is 2.50. The fraction of sp³-hybridized carbons (Fsp3) is 0.273. The van der Waals surface area contributed by atoms with Gasteiger partial charge in [-0.2, -0.15) is 0 Å². The fourth-order valence-electron chi connectivity index (χ4n) is 1.63. The van der Waals surface area contributed by atoms with Crippen molar-refractivity contribution < 1.29 is 5.11 Å². The van der Waals surface area contributed by atoms with E-state index >= 15 is 0 Å². The first-order valence-corrected chi connectivity index (χ1v) is 4.70. The number of nitrogens with two attached hydrogens (primary N) is 1. The third-order valence-electron chi connectivity index (χ3n) is 2.50. The van der Waals surface area contributed by atoms with E-state index in [1.54, 1.807) is 6.92 Å². The number of aliphatic hydroxyl groups is 1. The van der Waals surface area contributed by atoms with Crippen LogP contribution in [0.4, 0.5) is 0 Å². The minimum atomic E-state index is -0.533. The van der Waals surface area contributed by atoms with Crippen LogP contribution >= 0.6 is 0 Å². The lowest BCUT2D eigenvalue weighted by molar-refractivity contribution is 0.165. The van der Waals surface area contributed by atoms with Gasteiger partial charge in [-0.05, 0) is 18.6 Å². The second-order valence-electron chi connectivity index (χ2n) is 3.56. The number of benzene rings is 1. The molecule has 2 unspecified atom stereocenters. The Kier molecular flexibility index (Phi) is 2.27. The Bertz CT molecular complexity index is 434. The molecule has 0 amide bonds. The van der Waals surface area contributed by atoms with E-state index in [1.807, 2.05) is 30.5 Å². The summed E-state index contributed by atoms with van der Waals surface area (Å²) in [4.78, 5) is 3.13. The fourth-order valence-corrected chi connectivity index (χ4v) is 1.63. The molecule has 74 valence electrons. The molecule has 2 atom stereocenters. The summed E-state index contributed by atoms with van der Waals surface area (Å²) >= 11 is 0. The molecule has 2 rings (SSSR count). The van der Waals surface area contributed by atoms with Crippen LogP contribution in [0.2, 0.25) is 0 Å². The van der Waals surface area contributed by atoms with Crippen molar-refractivity contribution in [3.63, 3.8) is 0 Å². The van der Waals surface area contributed by atoms with Crippen LogP contribution in [0.15, 0.2) is 30.5 Å². The number of aromatic nitrogens is 1. The third kappa shape index (κ3) is 1.41. The monoisotopic (exact) mass is 190 g/mol. The molecule has 0 saturated carbocycles. The van der Waals surface area contributed by atoms with Crippen LogP contribution in [0.25, 0.3) is 10.9 Å². The van der Waals surface area contributed by atoms with Gasteiger partial charge in [0.2, 0.25) is 0 Å². The van der Waals surface area contributed by atoms with Gasteiger partial charge < -0.3 is 15.8 Å². The van der Waals surface area contributed by atoms with Gasteiger partial charge in [-0.1, -0.05) is 18.2 Å². The smallest absolute Gasteiger partial charge is 0.0705 e. The van der Waals surface area contributed by atoms with Gasteiger partial charge >= 0.3 is 0 Å². The van der Waals surface area contributed by atoms with E-state index in [4.69, 9.17) is 5.73 Å². The predicted octanol–water partition coefficient (Wildman–Crippen LogP) is 1.55. The molecule has 0 saturated heterocycles. The van der Waals surface area contributed by atoms with Crippen LogP contribution in [0.5, 0.6) is 0 Å². The lowest BCUT2D eigenvalue weighted by Gasteiger charge is -2.13. The Morgan fingerprint density at radius 1 is 1.36 bits per heavy atom. The van der Waals surface area contributed by atoms with Crippen molar-refractivity contribution in [1.29, 1.82) is 0 Å². The number of rotatable bonds is 2. The zero-order valence-electron chi connectivity index (χ0n) is 8.07. The van der Waals surface area contributed by atoms with E-state index in [-0.39, 0.29) is 6.04 Å². The molecule has 0 aliphatic heterocycles. The van der Waals surface area contributed by atoms with E-state index in [1.165, 1.54) is 0 Å². The minimum Gasteiger partial charge on any atom is -0.391 e. The van der Waals surface area contributed by atoms with Crippen molar-refractivity contribution in [2.75, 3.05) is 0 Å². The molecule has 1 aromatic carbocycles. The van der Waals surface area contributed by atoms with Gasteiger partial charge in [0, 0.05) is 17.1 Å². The first-order valence-electron chi connectivity index (χ1n) is 4.70. The summed E-state index contributed by atoms with van der Waals surface area (Å²) in [5.41, 5.74) is 7.90. The predicted molar refractivity (Wildman–Crippen MR) is 56.9 cm³/mol. The summed E-state index contributed by atoms with van der Waals surface area (Å²) in [5.74, 6) is 0. The van der Waals surface area contributed by atoms with Crippen LogP contribution in [0.3, 0.4) is 0 Å². The molecule has 3 heteroatoms. The van der Waals surface area contributed by atoms with Gasteiger partial charge in [-0.25, -0.2) is 0 Å². The Balaban J connectivity index is 2.53. The van der Waals surface area contributed by atoms with Crippen LogP contribution < -0.4 is 5.73 Å². The van der Waals surface area contributed by atoms with E-state index < -0.39 is 6.10 Å². The molecular formula is C11H14N2O. The number of para-hydroxylation sites is 1. The zero-order chi connectivity index (χ0) is 10.1. The number of aliphatic hydroxyl groups excluding tert-OH is 1. The molecule has 0 aliphatic carbocycles. The van der Waals surface area contributed by atoms with E-state index in [0.29, 0.717) is 0 Å². The number of aromatic amines is 1. The molecule has 2 aromatic rings. The molecule has 0 spiro atoms. The highest BCUT2D eigenvalue weighted by Gasteiger charge is 2.15. The zero-order valence-corrected chi connectivity index (χ0v) is 8.07. The van der Waals surface area contributed by atoms with Gasteiger partial charge in [-0.15, -0.1) is 0 Å². The van der Waals surface area contributed by atoms with Gasteiger partial charge in [0.05, 0.1) is 12.1 Å². The maximum absolute atomic E-state index is 9.41. The molecular weight excluding hydrogens is 176 g/mol. The number of fused-ring (bicyclic) bond motifs is 1. The van der Waals surface area contributed by atoms with Gasteiger partial charge in [0.1, 0.15) is 0 Å². The number of hydrogen-bond donors (Lipinski definition) is 3. The first-order chi connectivity index (χ1) is 6.70. The summed E-state index contributed by atoms with van der Waals surface area (Å²) < 4.78 is 0. The maximum atomic E-state index is 9.41. The molecule has 0 aliphatic rings. The van der Waals surface area contributed by atoms with Crippen molar-refractivity contribution in [3.05, 3.63) is 36.0 Å². The van der Waals surface area contributed by atoms with Gasteiger partial charge in [-0.3, -0.25) is 0 Å². The van der Waals surface area contributed by atoms with Crippen LogP contribution in [0.1, 0.15) is 18.5 Å². The molecule has 1 aromatic heterocycles. The Labute approximate surface area is 82.6 Å². The standard InChI is InChI=1S/C11H14N2O/c1-7(14)11(12)9-6-13-10-5-3-2-4-8(9)10/h2-7,11,13-14H,12H2,1H3. The van der Waals surface area contributed by atoms with Gasteiger partial charge in [0.15, 0.2) is 0 Å². The summed E-state index contributed by atoms with van der Waals surface area (Å²) in [6.07, 6.45) is 1.33. The highest BCUT2D eigenvalue weighted by Crippen LogP contribution is 2.24. The molecule has 1 heterocycles. The van der Waals surface area contributed by atoms with Crippen LogP contribution in [0, 0.1) is 0 Å². The average Bonchev–Trinajstić information content (AvgIpc) is 2.60. The van der Waals surface area contributed by atoms with E-state index in [9.17, 15) is 5.11 Å². The maximum Gasteiger partial charge on any atom is 0.0705 e. The van der Waals surface area contributed by atoms with Crippen molar-refractivity contribution in [2.45, 2.75) is 19.1 Å². The van der Waals surface area contributed by atoms with E-state index in [0.717, 1.165) is 16.5 Å². The summed E-state index contributed by atoms with van der Waals surface area (Å²) in [6, 6.07) is 7.60. The van der Waals surface area contributed by atoms with Crippen molar-refractivity contribution >= 4 is 10.9 Å². The second kappa shape index (κ2) is 3.44. The molecule has 4 N–H and O–H groups in total. The molecule has 0 radical (unpaired) electrons. The largest absolute Gasteiger partial charge is 0.391 e. The van der Waals surface area contributed by atoms with Gasteiger partial charge in [0.25, 0.3) is 0 Å². The normalized spacial score (nSPS) is 15.6. The average molecular weight is 190 g/mol. The highest BCUT2D eigenvalue weighted by molar-refractivity contribution is 5.83. The summed E-state index contributed by atoms with van der Waals surface area (Å²) in [6.45, 7) is 1.70. The lowest BCUT2D eigenvalue weighted by atomic mass is 10.0. The lowest BCUT2D eigenvalue weighted by Crippen LogP contribution is -2.22. The van der Waals surface area contributed by atoms with Crippen LogP contribution in [-0.2, 0) is 0 Å². The highest BCUT2D eigenvalue weighted by atomic mass is 16.3. The van der Waals surface area contributed by atoms with Crippen LogP contribution in [-0.4, -0.2) is 16.2 Å². The molecule has 0 fully saturated rings. The molecule has 14 heavy (non-hydrogen) atoms. The first kappa shape index (κ1) is 9.24. The minimum absolute atomic E-state index is 0.328. The van der Waals surface area contributed by atoms with Crippen molar-refractivity contribution in [2.24, 2.45) is 5.73 Å². The Morgan fingerprint density at radius 2 is 2.07 bits per heavy atom. The van der Waals surface area contributed by atoms with E-state index in [2.05, 4.69) is 4.98 Å².